The molecule has 1 heterocycles. The highest BCUT2D eigenvalue weighted by molar-refractivity contribution is 7.99. The van der Waals surface area contributed by atoms with Gasteiger partial charge in [-0.05, 0) is 51.3 Å². The quantitative estimate of drug-likeness (QED) is 0.761. The molecule has 1 aromatic carbocycles. The average molecular weight is 351 g/mol. The van der Waals surface area contributed by atoms with E-state index >= 15 is 0 Å². The van der Waals surface area contributed by atoms with Crippen LogP contribution in [0.4, 0.5) is 0 Å². The van der Waals surface area contributed by atoms with Gasteiger partial charge in [0.25, 0.3) is 0 Å². The molecule has 6 heteroatoms. The van der Waals surface area contributed by atoms with Crippen molar-refractivity contribution in [3.63, 3.8) is 0 Å². The van der Waals surface area contributed by atoms with Crippen LogP contribution in [0, 0.1) is 6.92 Å². The molecule has 0 saturated carbocycles. The number of hydrogen-bond acceptors (Lipinski definition) is 5. The SMILES string of the molecule is CSc1ccc(-c2nc(CSCC(=O)NC(C)C)c(C)o2)cc1. The molecule has 0 aliphatic heterocycles. The zero-order valence-electron chi connectivity index (χ0n) is 13.9. The maximum atomic E-state index is 11.6. The topological polar surface area (TPSA) is 55.1 Å². The van der Waals surface area contributed by atoms with E-state index in [1.54, 1.807) is 23.5 Å². The van der Waals surface area contributed by atoms with Gasteiger partial charge in [-0.25, -0.2) is 4.98 Å². The van der Waals surface area contributed by atoms with E-state index in [0.29, 0.717) is 17.4 Å². The first-order valence-corrected chi connectivity index (χ1v) is 9.85. The van der Waals surface area contributed by atoms with Crippen LogP contribution in [0.25, 0.3) is 11.5 Å². The van der Waals surface area contributed by atoms with E-state index in [0.717, 1.165) is 17.0 Å². The summed E-state index contributed by atoms with van der Waals surface area (Å²) < 4.78 is 5.76. The number of benzene rings is 1. The normalized spacial score (nSPS) is 11.0. The highest BCUT2D eigenvalue weighted by Crippen LogP contribution is 2.26. The van der Waals surface area contributed by atoms with Crippen molar-refractivity contribution < 1.29 is 9.21 Å². The maximum absolute atomic E-state index is 11.6. The standard InChI is InChI=1S/C17H22N2O2S2/c1-11(2)18-16(20)10-23-9-15-12(3)21-17(19-15)13-5-7-14(22-4)8-6-13/h5-8,11H,9-10H2,1-4H3,(H,18,20). The van der Waals surface area contributed by atoms with E-state index < -0.39 is 0 Å². The number of thioether (sulfide) groups is 2. The molecule has 0 saturated heterocycles. The van der Waals surface area contributed by atoms with Crippen LogP contribution < -0.4 is 5.32 Å². The van der Waals surface area contributed by atoms with Gasteiger partial charge in [0.2, 0.25) is 11.8 Å². The number of carbonyl (C=O) groups excluding carboxylic acids is 1. The number of aromatic nitrogens is 1. The number of nitrogens with zero attached hydrogens (tertiary/aromatic N) is 1. The van der Waals surface area contributed by atoms with Crippen LogP contribution in [0.1, 0.15) is 25.3 Å². The molecule has 2 aromatic rings. The van der Waals surface area contributed by atoms with Crippen LogP contribution in [0.5, 0.6) is 0 Å². The third-order valence-corrected chi connectivity index (χ3v) is 4.84. The van der Waals surface area contributed by atoms with E-state index in [-0.39, 0.29) is 11.9 Å². The Morgan fingerprint density at radius 2 is 2.00 bits per heavy atom. The van der Waals surface area contributed by atoms with Crippen molar-refractivity contribution in [1.29, 1.82) is 0 Å². The Hall–Kier alpha value is -1.40. The molecule has 0 bridgehead atoms. The molecule has 23 heavy (non-hydrogen) atoms. The molecular weight excluding hydrogens is 328 g/mol. The van der Waals surface area contributed by atoms with E-state index in [9.17, 15) is 4.79 Å². The van der Waals surface area contributed by atoms with Gasteiger partial charge < -0.3 is 9.73 Å². The molecule has 0 atom stereocenters. The van der Waals surface area contributed by atoms with Gasteiger partial charge >= 0.3 is 0 Å². The number of hydrogen-bond donors (Lipinski definition) is 1. The molecule has 1 amide bonds. The Kier molecular flexibility index (Phi) is 6.59. The lowest BCUT2D eigenvalue weighted by Crippen LogP contribution is -2.31. The van der Waals surface area contributed by atoms with Gasteiger partial charge in [-0.3, -0.25) is 4.79 Å². The lowest BCUT2D eigenvalue weighted by atomic mass is 10.2. The van der Waals surface area contributed by atoms with E-state index in [1.807, 2.05) is 32.9 Å². The second-order valence-electron chi connectivity index (χ2n) is 5.47. The minimum atomic E-state index is 0.0547. The number of aryl methyl sites for hydroxylation is 1. The first-order chi connectivity index (χ1) is 11.0. The van der Waals surface area contributed by atoms with E-state index in [2.05, 4.69) is 28.7 Å². The van der Waals surface area contributed by atoms with Gasteiger partial charge in [0.05, 0.1) is 11.4 Å². The average Bonchev–Trinajstić information content (AvgIpc) is 2.88. The summed E-state index contributed by atoms with van der Waals surface area (Å²) in [6.45, 7) is 5.83. The molecule has 1 N–H and O–H groups in total. The third kappa shape index (κ3) is 5.32. The summed E-state index contributed by atoms with van der Waals surface area (Å²) in [6, 6.07) is 8.33. The lowest BCUT2D eigenvalue weighted by Gasteiger charge is -2.07. The third-order valence-electron chi connectivity index (χ3n) is 3.15. The molecular formula is C17H22N2O2S2. The Morgan fingerprint density at radius 1 is 1.30 bits per heavy atom. The van der Waals surface area contributed by atoms with Crippen molar-refractivity contribution in [2.75, 3.05) is 12.0 Å². The summed E-state index contributed by atoms with van der Waals surface area (Å²) in [6.07, 6.45) is 2.05. The fraction of sp³-hybridized carbons (Fsp3) is 0.412. The highest BCUT2D eigenvalue weighted by atomic mass is 32.2. The Morgan fingerprint density at radius 3 is 2.61 bits per heavy atom. The molecule has 0 aliphatic carbocycles. The molecule has 2 rings (SSSR count). The van der Waals surface area contributed by atoms with Crippen LogP contribution >= 0.6 is 23.5 Å². The monoisotopic (exact) mass is 350 g/mol. The Bertz CT molecular complexity index is 651. The number of oxazole rings is 1. The fourth-order valence-electron chi connectivity index (χ4n) is 2.02. The molecule has 1 aromatic heterocycles. The summed E-state index contributed by atoms with van der Waals surface area (Å²) in [5.41, 5.74) is 1.87. The van der Waals surface area contributed by atoms with Crippen molar-refractivity contribution in [2.24, 2.45) is 0 Å². The summed E-state index contributed by atoms with van der Waals surface area (Å²) in [4.78, 5) is 17.4. The molecule has 0 spiro atoms. The zero-order valence-corrected chi connectivity index (χ0v) is 15.5. The number of rotatable bonds is 7. The smallest absolute Gasteiger partial charge is 0.230 e. The second-order valence-corrected chi connectivity index (χ2v) is 7.33. The molecule has 4 nitrogen and oxygen atoms in total. The van der Waals surface area contributed by atoms with Gasteiger partial charge in [-0.2, -0.15) is 0 Å². The fourth-order valence-corrected chi connectivity index (χ4v) is 3.26. The van der Waals surface area contributed by atoms with Gasteiger partial charge in [-0.1, -0.05) is 0 Å². The van der Waals surface area contributed by atoms with Gasteiger partial charge in [-0.15, -0.1) is 23.5 Å². The first-order valence-electron chi connectivity index (χ1n) is 7.47. The number of amides is 1. The predicted octanol–water partition coefficient (Wildman–Crippen LogP) is 4.13. The van der Waals surface area contributed by atoms with E-state index in [1.165, 1.54) is 4.90 Å². The summed E-state index contributed by atoms with van der Waals surface area (Å²) in [5, 5.41) is 2.88. The van der Waals surface area contributed by atoms with Gasteiger partial charge in [0, 0.05) is 22.3 Å². The van der Waals surface area contributed by atoms with Gasteiger partial charge in [0.15, 0.2) is 0 Å². The van der Waals surface area contributed by atoms with E-state index in [4.69, 9.17) is 4.42 Å². The molecule has 0 unspecified atom stereocenters. The van der Waals surface area contributed by atoms with Crippen LogP contribution in [0.2, 0.25) is 0 Å². The summed E-state index contributed by atoms with van der Waals surface area (Å²) >= 11 is 3.25. The molecule has 0 fully saturated rings. The van der Waals surface area contributed by atoms with Crippen molar-refractivity contribution in [3.8, 4) is 11.5 Å². The summed E-state index contributed by atoms with van der Waals surface area (Å²) in [5.74, 6) is 2.61. The predicted molar refractivity (Wildman–Crippen MR) is 97.9 cm³/mol. The minimum Gasteiger partial charge on any atom is -0.441 e. The zero-order chi connectivity index (χ0) is 16.8. The van der Waals surface area contributed by atoms with Crippen molar-refractivity contribution in [3.05, 3.63) is 35.7 Å². The van der Waals surface area contributed by atoms with Crippen molar-refractivity contribution >= 4 is 29.4 Å². The molecule has 0 radical (unpaired) electrons. The Balaban J connectivity index is 1.96. The number of nitrogens with one attached hydrogen (secondary N) is 1. The lowest BCUT2D eigenvalue weighted by molar-refractivity contribution is -0.119. The first kappa shape index (κ1) is 17.9. The molecule has 124 valence electrons. The largest absolute Gasteiger partial charge is 0.441 e. The van der Waals surface area contributed by atoms with Crippen LogP contribution in [0.3, 0.4) is 0 Å². The minimum absolute atomic E-state index is 0.0547. The van der Waals surface area contributed by atoms with Crippen molar-refractivity contribution in [2.45, 2.75) is 37.5 Å². The van der Waals surface area contributed by atoms with Crippen molar-refractivity contribution in [1.82, 2.24) is 10.3 Å². The van der Waals surface area contributed by atoms with Crippen LogP contribution in [0.15, 0.2) is 33.6 Å². The maximum Gasteiger partial charge on any atom is 0.230 e. The Labute approximate surface area is 145 Å². The highest BCUT2D eigenvalue weighted by Gasteiger charge is 2.12. The van der Waals surface area contributed by atoms with Crippen LogP contribution in [-0.4, -0.2) is 28.9 Å². The molecule has 0 aliphatic rings. The van der Waals surface area contributed by atoms with Crippen LogP contribution in [-0.2, 0) is 10.5 Å². The second kappa shape index (κ2) is 8.45. The van der Waals surface area contributed by atoms with Gasteiger partial charge in [0.1, 0.15) is 5.76 Å². The number of carbonyl (C=O) groups is 1. The summed E-state index contributed by atoms with van der Waals surface area (Å²) in [7, 11) is 0.